The highest BCUT2D eigenvalue weighted by Gasteiger charge is 2.03. The molecule has 0 radical (unpaired) electrons. The molecule has 114 valence electrons. The number of hydrogen-bond acceptors (Lipinski definition) is 4. The van der Waals surface area contributed by atoms with E-state index >= 15 is 0 Å². The van der Waals surface area contributed by atoms with Gasteiger partial charge in [-0.2, -0.15) is 0 Å². The fourth-order valence-electron chi connectivity index (χ4n) is 2.02. The van der Waals surface area contributed by atoms with E-state index in [1.807, 2.05) is 6.92 Å². The van der Waals surface area contributed by atoms with Crippen molar-refractivity contribution in [2.75, 3.05) is 51.5 Å². The molecule has 1 aromatic carbocycles. The average Bonchev–Trinajstić information content (AvgIpc) is 2.49. The van der Waals surface area contributed by atoms with Gasteiger partial charge in [-0.05, 0) is 31.5 Å². The van der Waals surface area contributed by atoms with Gasteiger partial charge >= 0.3 is 0 Å². The second-order valence-electron chi connectivity index (χ2n) is 4.61. The fraction of sp³-hybridized carbons (Fsp3) is 0.625. The number of anilines is 1. The van der Waals surface area contributed by atoms with Crippen LogP contribution in [0.3, 0.4) is 0 Å². The smallest absolute Gasteiger partial charge is 0.0641 e. The predicted octanol–water partition coefficient (Wildman–Crippen LogP) is 2.29. The van der Waals surface area contributed by atoms with Gasteiger partial charge in [-0.1, -0.05) is 12.1 Å². The average molecular weight is 280 g/mol. The third kappa shape index (κ3) is 6.37. The lowest BCUT2D eigenvalue weighted by Gasteiger charge is -2.23. The summed E-state index contributed by atoms with van der Waals surface area (Å²) in [7, 11) is 1.72. The third-order valence-electron chi connectivity index (χ3n) is 3.20. The summed E-state index contributed by atoms with van der Waals surface area (Å²) < 4.78 is 10.4. The van der Waals surface area contributed by atoms with E-state index in [1.165, 1.54) is 11.3 Å². The molecule has 0 aliphatic rings. The van der Waals surface area contributed by atoms with Crippen molar-refractivity contribution in [3.8, 4) is 0 Å². The molecule has 0 fully saturated rings. The first-order valence-corrected chi connectivity index (χ1v) is 7.43. The first-order chi connectivity index (χ1) is 9.81. The van der Waals surface area contributed by atoms with E-state index in [4.69, 9.17) is 9.47 Å². The Balaban J connectivity index is 2.42. The minimum atomic E-state index is 0.749. The lowest BCUT2D eigenvalue weighted by Crippen LogP contribution is -2.27. The molecule has 4 nitrogen and oxygen atoms in total. The molecule has 0 unspecified atom stereocenters. The highest BCUT2D eigenvalue weighted by atomic mass is 16.5. The maximum absolute atomic E-state index is 5.42. The highest BCUT2D eigenvalue weighted by molar-refractivity contribution is 5.47. The van der Waals surface area contributed by atoms with Crippen molar-refractivity contribution in [2.45, 2.75) is 20.4 Å². The van der Waals surface area contributed by atoms with E-state index in [0.717, 1.165) is 46.0 Å². The van der Waals surface area contributed by atoms with E-state index in [9.17, 15) is 0 Å². The number of nitrogens with zero attached hydrogens (tertiary/aromatic N) is 1. The molecular weight excluding hydrogens is 252 g/mol. The van der Waals surface area contributed by atoms with Crippen molar-refractivity contribution in [1.29, 1.82) is 0 Å². The number of ether oxygens (including phenoxy) is 2. The molecule has 4 heteroatoms. The molecule has 0 aromatic heterocycles. The van der Waals surface area contributed by atoms with Crippen LogP contribution >= 0.6 is 0 Å². The molecule has 0 saturated carbocycles. The first-order valence-electron chi connectivity index (χ1n) is 7.43. The van der Waals surface area contributed by atoms with Gasteiger partial charge in [0.15, 0.2) is 0 Å². The standard InChI is InChI=1S/C16H28N2O2/c1-4-18(11-13-20-5-2)16-8-6-15(7-9-16)14-17-10-12-19-3/h6-9,17H,4-5,10-14H2,1-3H3. The van der Waals surface area contributed by atoms with Crippen LogP contribution in [0.2, 0.25) is 0 Å². The van der Waals surface area contributed by atoms with E-state index in [-0.39, 0.29) is 0 Å². The Morgan fingerprint density at radius 1 is 1.10 bits per heavy atom. The topological polar surface area (TPSA) is 33.7 Å². The van der Waals surface area contributed by atoms with E-state index in [0.29, 0.717) is 0 Å². The van der Waals surface area contributed by atoms with Gasteiger partial charge in [-0.25, -0.2) is 0 Å². The van der Waals surface area contributed by atoms with E-state index in [2.05, 4.69) is 41.4 Å². The zero-order valence-corrected chi connectivity index (χ0v) is 13.0. The van der Waals surface area contributed by atoms with Gasteiger partial charge in [0.1, 0.15) is 0 Å². The third-order valence-corrected chi connectivity index (χ3v) is 3.20. The molecule has 0 bridgehead atoms. The number of rotatable bonds is 11. The quantitative estimate of drug-likeness (QED) is 0.631. The van der Waals surface area contributed by atoms with Crippen LogP contribution in [0.4, 0.5) is 5.69 Å². The van der Waals surface area contributed by atoms with Crippen LogP contribution in [0.25, 0.3) is 0 Å². The molecule has 0 saturated heterocycles. The van der Waals surface area contributed by atoms with Gasteiger partial charge in [0, 0.05) is 45.6 Å². The van der Waals surface area contributed by atoms with Crippen LogP contribution in [-0.2, 0) is 16.0 Å². The van der Waals surface area contributed by atoms with Gasteiger partial charge in [-0.3, -0.25) is 0 Å². The minimum Gasteiger partial charge on any atom is -0.383 e. The Morgan fingerprint density at radius 3 is 2.45 bits per heavy atom. The summed E-state index contributed by atoms with van der Waals surface area (Å²) in [6, 6.07) is 8.72. The van der Waals surface area contributed by atoms with Crippen molar-refractivity contribution < 1.29 is 9.47 Å². The van der Waals surface area contributed by atoms with Crippen LogP contribution in [0.15, 0.2) is 24.3 Å². The fourth-order valence-corrected chi connectivity index (χ4v) is 2.02. The Kier molecular flexibility index (Phi) is 9.04. The number of methoxy groups -OCH3 is 1. The Labute approximate surface area is 123 Å². The first kappa shape index (κ1) is 17.0. The summed E-state index contributed by atoms with van der Waals surface area (Å²) in [5, 5.41) is 3.35. The van der Waals surface area contributed by atoms with Crippen molar-refractivity contribution in [3.05, 3.63) is 29.8 Å². The summed E-state index contributed by atoms with van der Waals surface area (Å²) in [6.07, 6.45) is 0. The summed E-state index contributed by atoms with van der Waals surface area (Å²) in [5.41, 5.74) is 2.55. The van der Waals surface area contributed by atoms with Crippen molar-refractivity contribution >= 4 is 5.69 Å². The van der Waals surface area contributed by atoms with Crippen LogP contribution in [0.1, 0.15) is 19.4 Å². The predicted molar refractivity (Wildman–Crippen MR) is 84.4 cm³/mol. The Bertz CT molecular complexity index is 341. The summed E-state index contributed by atoms with van der Waals surface area (Å²) in [6.45, 7) is 10.2. The van der Waals surface area contributed by atoms with Crippen LogP contribution in [0.5, 0.6) is 0 Å². The summed E-state index contributed by atoms with van der Waals surface area (Å²) in [5.74, 6) is 0. The van der Waals surface area contributed by atoms with Crippen LogP contribution in [-0.4, -0.2) is 46.6 Å². The van der Waals surface area contributed by atoms with Crippen LogP contribution in [0, 0.1) is 0 Å². The Hall–Kier alpha value is -1.10. The molecule has 0 aliphatic carbocycles. The number of hydrogen-bond donors (Lipinski definition) is 1. The molecule has 1 aromatic rings. The molecular formula is C16H28N2O2. The maximum Gasteiger partial charge on any atom is 0.0641 e. The SMILES string of the molecule is CCOCCN(CC)c1ccc(CNCCOC)cc1. The van der Waals surface area contributed by atoms with Gasteiger partial charge in [0.05, 0.1) is 13.2 Å². The van der Waals surface area contributed by atoms with Crippen molar-refractivity contribution in [2.24, 2.45) is 0 Å². The van der Waals surface area contributed by atoms with Gasteiger partial charge in [-0.15, -0.1) is 0 Å². The molecule has 20 heavy (non-hydrogen) atoms. The van der Waals surface area contributed by atoms with E-state index in [1.54, 1.807) is 7.11 Å². The molecule has 1 rings (SSSR count). The largest absolute Gasteiger partial charge is 0.383 e. The highest BCUT2D eigenvalue weighted by Crippen LogP contribution is 2.15. The summed E-state index contributed by atoms with van der Waals surface area (Å²) in [4.78, 5) is 2.33. The van der Waals surface area contributed by atoms with Crippen molar-refractivity contribution in [1.82, 2.24) is 5.32 Å². The zero-order valence-electron chi connectivity index (χ0n) is 13.0. The lowest BCUT2D eigenvalue weighted by molar-refractivity contribution is 0.154. The second kappa shape index (κ2) is 10.7. The molecule has 0 amide bonds. The lowest BCUT2D eigenvalue weighted by atomic mass is 10.2. The minimum absolute atomic E-state index is 0.749. The van der Waals surface area contributed by atoms with Gasteiger partial charge < -0.3 is 19.7 Å². The molecule has 0 spiro atoms. The second-order valence-corrected chi connectivity index (χ2v) is 4.61. The molecule has 0 heterocycles. The van der Waals surface area contributed by atoms with Crippen LogP contribution < -0.4 is 10.2 Å². The van der Waals surface area contributed by atoms with Gasteiger partial charge in [0.25, 0.3) is 0 Å². The molecule has 0 atom stereocenters. The Morgan fingerprint density at radius 2 is 1.85 bits per heavy atom. The van der Waals surface area contributed by atoms with Crippen molar-refractivity contribution in [3.63, 3.8) is 0 Å². The number of benzene rings is 1. The summed E-state index contributed by atoms with van der Waals surface area (Å²) >= 11 is 0. The monoisotopic (exact) mass is 280 g/mol. The number of likely N-dealkylation sites (N-methyl/N-ethyl adjacent to an activating group) is 1. The zero-order chi connectivity index (χ0) is 14.6. The molecule has 0 aliphatic heterocycles. The molecule has 1 N–H and O–H groups in total. The van der Waals surface area contributed by atoms with E-state index < -0.39 is 0 Å². The van der Waals surface area contributed by atoms with Gasteiger partial charge in [0.2, 0.25) is 0 Å². The maximum atomic E-state index is 5.42. The normalized spacial score (nSPS) is 10.8. The number of nitrogens with one attached hydrogen (secondary N) is 1.